The zero-order valence-electron chi connectivity index (χ0n) is 10.2. The van der Waals surface area contributed by atoms with Gasteiger partial charge in [0.05, 0.1) is 0 Å². The standard InChI is InChI=1S/C13H21N3O/c14-9-11-4-5-13(15-10-11)16-7-2-1-3-12(16)6-8-17/h4-5,10,12,17H,1-3,6-9,14H2. The Balaban J connectivity index is 2.11. The Morgan fingerprint density at radius 2 is 2.29 bits per heavy atom. The number of aliphatic hydroxyl groups excluding tert-OH is 1. The molecule has 4 nitrogen and oxygen atoms in total. The van der Waals surface area contributed by atoms with Crippen molar-refractivity contribution in [1.29, 1.82) is 0 Å². The topological polar surface area (TPSA) is 62.4 Å². The van der Waals surface area contributed by atoms with Crippen molar-refractivity contribution in [1.82, 2.24) is 4.98 Å². The van der Waals surface area contributed by atoms with E-state index < -0.39 is 0 Å². The fourth-order valence-corrected chi connectivity index (χ4v) is 2.46. The molecule has 2 heterocycles. The molecule has 1 saturated heterocycles. The molecule has 0 aromatic carbocycles. The molecule has 0 aliphatic carbocycles. The number of pyridine rings is 1. The Kier molecular flexibility index (Phi) is 4.34. The van der Waals surface area contributed by atoms with E-state index in [-0.39, 0.29) is 6.61 Å². The summed E-state index contributed by atoms with van der Waals surface area (Å²) < 4.78 is 0. The summed E-state index contributed by atoms with van der Waals surface area (Å²) in [5.74, 6) is 1.01. The van der Waals surface area contributed by atoms with Crippen LogP contribution in [0.3, 0.4) is 0 Å². The van der Waals surface area contributed by atoms with Crippen LogP contribution in [-0.4, -0.2) is 29.3 Å². The van der Waals surface area contributed by atoms with E-state index in [9.17, 15) is 0 Å². The summed E-state index contributed by atoms with van der Waals surface area (Å²) in [6, 6.07) is 4.51. The van der Waals surface area contributed by atoms with Crippen molar-refractivity contribution in [2.75, 3.05) is 18.1 Å². The van der Waals surface area contributed by atoms with E-state index in [1.807, 2.05) is 18.3 Å². The molecule has 1 unspecified atom stereocenters. The fourth-order valence-electron chi connectivity index (χ4n) is 2.46. The van der Waals surface area contributed by atoms with Crippen LogP contribution in [0.25, 0.3) is 0 Å². The Morgan fingerprint density at radius 3 is 2.94 bits per heavy atom. The maximum atomic E-state index is 9.10. The minimum Gasteiger partial charge on any atom is -0.396 e. The first-order valence-corrected chi connectivity index (χ1v) is 6.37. The Hall–Kier alpha value is -1.13. The van der Waals surface area contributed by atoms with Gasteiger partial charge in [0.2, 0.25) is 0 Å². The third kappa shape index (κ3) is 2.96. The van der Waals surface area contributed by atoms with Crippen molar-refractivity contribution < 1.29 is 5.11 Å². The Labute approximate surface area is 102 Å². The van der Waals surface area contributed by atoms with Gasteiger partial charge in [-0.05, 0) is 37.3 Å². The summed E-state index contributed by atoms with van der Waals surface area (Å²) in [7, 11) is 0. The largest absolute Gasteiger partial charge is 0.396 e. The number of hydrogen-bond donors (Lipinski definition) is 2. The molecule has 1 fully saturated rings. The average Bonchev–Trinajstić information content (AvgIpc) is 2.40. The van der Waals surface area contributed by atoms with Crippen LogP contribution in [0.5, 0.6) is 0 Å². The summed E-state index contributed by atoms with van der Waals surface area (Å²) >= 11 is 0. The zero-order chi connectivity index (χ0) is 12.1. The van der Waals surface area contributed by atoms with Gasteiger partial charge < -0.3 is 15.7 Å². The summed E-state index contributed by atoms with van der Waals surface area (Å²) in [6.07, 6.45) is 6.30. The van der Waals surface area contributed by atoms with Gasteiger partial charge in [0.25, 0.3) is 0 Å². The van der Waals surface area contributed by atoms with E-state index >= 15 is 0 Å². The predicted molar refractivity (Wildman–Crippen MR) is 68.8 cm³/mol. The van der Waals surface area contributed by atoms with Gasteiger partial charge in [0.1, 0.15) is 5.82 Å². The van der Waals surface area contributed by atoms with Crippen molar-refractivity contribution in [2.45, 2.75) is 38.3 Å². The van der Waals surface area contributed by atoms with Gasteiger partial charge >= 0.3 is 0 Å². The van der Waals surface area contributed by atoms with Crippen molar-refractivity contribution in [2.24, 2.45) is 5.73 Å². The summed E-state index contributed by atoms with van der Waals surface area (Å²) in [5, 5.41) is 9.10. The molecular weight excluding hydrogens is 214 g/mol. The molecule has 4 heteroatoms. The first-order valence-electron chi connectivity index (χ1n) is 6.37. The first kappa shape index (κ1) is 12.3. The highest BCUT2D eigenvalue weighted by Gasteiger charge is 2.22. The average molecular weight is 235 g/mol. The van der Waals surface area contributed by atoms with Crippen molar-refractivity contribution >= 4 is 5.82 Å². The van der Waals surface area contributed by atoms with Crippen LogP contribution in [0.15, 0.2) is 18.3 Å². The van der Waals surface area contributed by atoms with E-state index in [2.05, 4.69) is 9.88 Å². The molecule has 1 atom stereocenters. The molecule has 0 radical (unpaired) electrons. The van der Waals surface area contributed by atoms with Crippen LogP contribution in [0.4, 0.5) is 5.82 Å². The van der Waals surface area contributed by atoms with Gasteiger partial charge in [-0.2, -0.15) is 0 Å². The molecule has 0 saturated carbocycles. The van der Waals surface area contributed by atoms with E-state index in [1.165, 1.54) is 12.8 Å². The normalized spacial score (nSPS) is 20.6. The SMILES string of the molecule is NCc1ccc(N2CCCCC2CCO)nc1. The lowest BCUT2D eigenvalue weighted by Crippen LogP contribution is -2.40. The summed E-state index contributed by atoms with van der Waals surface area (Å²) in [4.78, 5) is 6.79. The van der Waals surface area contributed by atoms with Gasteiger partial charge in [-0.15, -0.1) is 0 Å². The third-order valence-corrected chi connectivity index (χ3v) is 3.43. The molecule has 3 N–H and O–H groups in total. The maximum absolute atomic E-state index is 9.10. The number of anilines is 1. The molecule has 17 heavy (non-hydrogen) atoms. The Morgan fingerprint density at radius 1 is 1.41 bits per heavy atom. The van der Waals surface area contributed by atoms with E-state index in [0.717, 1.165) is 30.8 Å². The summed E-state index contributed by atoms with van der Waals surface area (Å²) in [6.45, 7) is 1.83. The third-order valence-electron chi connectivity index (χ3n) is 3.43. The second-order valence-electron chi connectivity index (χ2n) is 4.58. The lowest BCUT2D eigenvalue weighted by atomic mass is 9.99. The van der Waals surface area contributed by atoms with E-state index in [4.69, 9.17) is 10.8 Å². The van der Waals surface area contributed by atoms with Gasteiger partial charge in [-0.1, -0.05) is 6.07 Å². The molecule has 0 spiro atoms. The van der Waals surface area contributed by atoms with Gasteiger partial charge in [-0.3, -0.25) is 0 Å². The number of hydrogen-bond acceptors (Lipinski definition) is 4. The lowest BCUT2D eigenvalue weighted by Gasteiger charge is -2.36. The van der Waals surface area contributed by atoms with Crippen molar-refractivity contribution in [3.05, 3.63) is 23.9 Å². The Bertz CT molecular complexity index is 337. The second kappa shape index (κ2) is 5.98. The number of piperidine rings is 1. The van der Waals surface area contributed by atoms with Crippen LogP contribution >= 0.6 is 0 Å². The molecule has 0 amide bonds. The molecule has 1 aliphatic heterocycles. The number of aromatic nitrogens is 1. The van der Waals surface area contributed by atoms with Crippen LogP contribution in [0, 0.1) is 0 Å². The van der Waals surface area contributed by atoms with Gasteiger partial charge in [0, 0.05) is 31.9 Å². The summed E-state index contributed by atoms with van der Waals surface area (Å²) in [5.41, 5.74) is 6.63. The number of nitrogens with two attached hydrogens (primary N) is 1. The smallest absolute Gasteiger partial charge is 0.128 e. The lowest BCUT2D eigenvalue weighted by molar-refractivity contribution is 0.262. The van der Waals surface area contributed by atoms with Crippen molar-refractivity contribution in [3.8, 4) is 0 Å². The number of aliphatic hydroxyl groups is 1. The molecule has 1 aromatic rings. The number of nitrogens with zero attached hydrogens (tertiary/aromatic N) is 2. The maximum Gasteiger partial charge on any atom is 0.128 e. The quantitative estimate of drug-likeness (QED) is 0.825. The minimum atomic E-state index is 0.252. The van der Waals surface area contributed by atoms with Crippen LogP contribution in [0.2, 0.25) is 0 Å². The first-order chi connectivity index (χ1) is 8.35. The molecule has 94 valence electrons. The number of rotatable bonds is 4. The highest BCUT2D eigenvalue weighted by atomic mass is 16.3. The van der Waals surface area contributed by atoms with Gasteiger partial charge in [0.15, 0.2) is 0 Å². The monoisotopic (exact) mass is 235 g/mol. The second-order valence-corrected chi connectivity index (χ2v) is 4.58. The van der Waals surface area contributed by atoms with Gasteiger partial charge in [-0.25, -0.2) is 4.98 Å². The highest BCUT2D eigenvalue weighted by molar-refractivity contribution is 5.41. The minimum absolute atomic E-state index is 0.252. The molecule has 2 rings (SSSR count). The molecule has 1 aromatic heterocycles. The van der Waals surface area contributed by atoms with Crippen LogP contribution in [0.1, 0.15) is 31.2 Å². The van der Waals surface area contributed by atoms with Crippen LogP contribution in [-0.2, 0) is 6.54 Å². The van der Waals surface area contributed by atoms with E-state index in [0.29, 0.717) is 12.6 Å². The molecule has 1 aliphatic rings. The zero-order valence-corrected chi connectivity index (χ0v) is 10.2. The van der Waals surface area contributed by atoms with E-state index in [1.54, 1.807) is 0 Å². The van der Waals surface area contributed by atoms with Crippen molar-refractivity contribution in [3.63, 3.8) is 0 Å². The fraction of sp³-hybridized carbons (Fsp3) is 0.615. The predicted octanol–water partition coefficient (Wildman–Crippen LogP) is 1.28. The van der Waals surface area contributed by atoms with Crippen LogP contribution < -0.4 is 10.6 Å². The highest BCUT2D eigenvalue weighted by Crippen LogP contribution is 2.24. The molecular formula is C13H21N3O. The molecule has 0 bridgehead atoms.